The molecule has 0 unspecified atom stereocenters. The van der Waals surface area contributed by atoms with Crippen molar-refractivity contribution in [2.24, 2.45) is 0 Å². The van der Waals surface area contributed by atoms with Crippen LogP contribution in [0.2, 0.25) is 0 Å². The van der Waals surface area contributed by atoms with Gasteiger partial charge in [0.15, 0.2) is 0 Å². The van der Waals surface area contributed by atoms with Gasteiger partial charge in [0.1, 0.15) is 5.65 Å². The largest absolute Gasteiger partial charge is 0.345 e. The summed E-state index contributed by atoms with van der Waals surface area (Å²) in [5.74, 6) is 0. The maximum Gasteiger partial charge on any atom is 0.138 e. The van der Waals surface area contributed by atoms with Gasteiger partial charge < -0.3 is 4.98 Å². The molecule has 0 aliphatic rings. The highest BCUT2D eigenvalue weighted by molar-refractivity contribution is 9.10. The van der Waals surface area contributed by atoms with E-state index < -0.39 is 0 Å². The van der Waals surface area contributed by atoms with Crippen LogP contribution >= 0.6 is 15.9 Å². The fourth-order valence-electron chi connectivity index (χ4n) is 1.86. The predicted molar refractivity (Wildman–Crippen MR) is 69.2 cm³/mol. The maximum absolute atomic E-state index is 4.30. The van der Waals surface area contributed by atoms with Crippen LogP contribution in [0.3, 0.4) is 0 Å². The van der Waals surface area contributed by atoms with E-state index in [1.165, 1.54) is 11.1 Å². The van der Waals surface area contributed by atoms with Crippen molar-refractivity contribution in [2.45, 2.75) is 0 Å². The molecule has 2 aromatic heterocycles. The average Bonchev–Trinajstić information content (AvgIpc) is 2.75. The SMILES string of the molecule is Brc1ccnc2[nH]cc(-c3ccccc3)c12. The van der Waals surface area contributed by atoms with Crippen molar-refractivity contribution in [3.05, 3.63) is 53.3 Å². The standard InChI is InChI=1S/C13H9BrN2/c14-11-6-7-15-13-12(11)10(8-16-13)9-4-2-1-3-5-9/h1-8H,(H,15,16). The molecule has 3 heteroatoms. The third kappa shape index (κ3) is 1.44. The molecule has 0 saturated carbocycles. The Morgan fingerprint density at radius 3 is 2.69 bits per heavy atom. The molecule has 3 aromatic rings. The summed E-state index contributed by atoms with van der Waals surface area (Å²) >= 11 is 3.56. The molecule has 0 spiro atoms. The van der Waals surface area contributed by atoms with Gasteiger partial charge in [0.25, 0.3) is 0 Å². The van der Waals surface area contributed by atoms with E-state index in [1.807, 2.05) is 30.5 Å². The third-order valence-electron chi connectivity index (χ3n) is 2.61. The van der Waals surface area contributed by atoms with Gasteiger partial charge in [0.2, 0.25) is 0 Å². The number of halogens is 1. The minimum absolute atomic E-state index is 0.910. The average molecular weight is 273 g/mol. The summed E-state index contributed by atoms with van der Waals surface area (Å²) in [6.45, 7) is 0. The number of rotatable bonds is 1. The van der Waals surface area contributed by atoms with Crippen LogP contribution in [0.5, 0.6) is 0 Å². The van der Waals surface area contributed by atoms with Crippen LogP contribution in [0.25, 0.3) is 22.2 Å². The quantitative estimate of drug-likeness (QED) is 0.713. The van der Waals surface area contributed by atoms with Crippen LogP contribution in [0.15, 0.2) is 53.3 Å². The highest BCUT2D eigenvalue weighted by atomic mass is 79.9. The minimum atomic E-state index is 0.910. The van der Waals surface area contributed by atoms with E-state index >= 15 is 0 Å². The van der Waals surface area contributed by atoms with Crippen molar-refractivity contribution in [1.29, 1.82) is 0 Å². The van der Waals surface area contributed by atoms with Gasteiger partial charge in [-0.1, -0.05) is 30.3 Å². The van der Waals surface area contributed by atoms with Gasteiger partial charge in [-0.15, -0.1) is 0 Å². The lowest BCUT2D eigenvalue weighted by Crippen LogP contribution is -1.78. The molecule has 0 radical (unpaired) electrons. The zero-order chi connectivity index (χ0) is 11.0. The first-order valence-electron chi connectivity index (χ1n) is 5.03. The molecule has 1 aromatic carbocycles. The molecule has 1 N–H and O–H groups in total. The Morgan fingerprint density at radius 2 is 1.88 bits per heavy atom. The van der Waals surface area contributed by atoms with Crippen LogP contribution in [0.4, 0.5) is 0 Å². The van der Waals surface area contributed by atoms with E-state index in [-0.39, 0.29) is 0 Å². The van der Waals surface area contributed by atoms with Gasteiger partial charge in [0.05, 0.1) is 0 Å². The Bertz CT molecular complexity index is 629. The van der Waals surface area contributed by atoms with Crippen molar-refractivity contribution < 1.29 is 0 Å². The van der Waals surface area contributed by atoms with Crippen molar-refractivity contribution in [2.75, 3.05) is 0 Å². The van der Waals surface area contributed by atoms with E-state index in [2.05, 4.69) is 38.0 Å². The Kier molecular flexibility index (Phi) is 2.26. The zero-order valence-corrected chi connectivity index (χ0v) is 10.0. The van der Waals surface area contributed by atoms with Crippen molar-refractivity contribution in [1.82, 2.24) is 9.97 Å². The van der Waals surface area contributed by atoms with E-state index in [0.717, 1.165) is 15.5 Å². The number of H-pyrrole nitrogens is 1. The summed E-state index contributed by atoms with van der Waals surface area (Å²) in [4.78, 5) is 7.49. The molecule has 0 aliphatic carbocycles. The smallest absolute Gasteiger partial charge is 0.138 e. The van der Waals surface area contributed by atoms with Gasteiger partial charge >= 0.3 is 0 Å². The number of hydrogen-bond acceptors (Lipinski definition) is 1. The first-order valence-corrected chi connectivity index (χ1v) is 5.82. The van der Waals surface area contributed by atoms with Gasteiger partial charge in [-0.2, -0.15) is 0 Å². The highest BCUT2D eigenvalue weighted by Crippen LogP contribution is 2.32. The third-order valence-corrected chi connectivity index (χ3v) is 3.27. The molecule has 16 heavy (non-hydrogen) atoms. The molecule has 0 fully saturated rings. The van der Waals surface area contributed by atoms with E-state index in [1.54, 1.807) is 6.20 Å². The summed E-state index contributed by atoms with van der Waals surface area (Å²) in [6.07, 6.45) is 3.79. The number of nitrogens with one attached hydrogen (secondary N) is 1. The second-order valence-electron chi connectivity index (χ2n) is 3.58. The summed E-state index contributed by atoms with van der Waals surface area (Å²) in [5.41, 5.74) is 3.28. The van der Waals surface area contributed by atoms with E-state index in [0.29, 0.717) is 0 Å². The highest BCUT2D eigenvalue weighted by Gasteiger charge is 2.08. The van der Waals surface area contributed by atoms with Crippen LogP contribution in [0.1, 0.15) is 0 Å². The normalized spacial score (nSPS) is 10.8. The first-order chi connectivity index (χ1) is 7.86. The molecule has 0 aliphatic heterocycles. The number of benzene rings is 1. The van der Waals surface area contributed by atoms with Crippen molar-refractivity contribution in [3.63, 3.8) is 0 Å². The van der Waals surface area contributed by atoms with Gasteiger partial charge in [-0.3, -0.25) is 0 Å². The lowest BCUT2D eigenvalue weighted by Gasteiger charge is -2.00. The van der Waals surface area contributed by atoms with E-state index in [9.17, 15) is 0 Å². The lowest BCUT2D eigenvalue weighted by molar-refractivity contribution is 1.32. The molecule has 0 amide bonds. The van der Waals surface area contributed by atoms with Crippen LogP contribution < -0.4 is 0 Å². The van der Waals surface area contributed by atoms with Crippen molar-refractivity contribution >= 4 is 27.0 Å². The second kappa shape index (κ2) is 3.76. The summed E-state index contributed by atoms with van der Waals surface area (Å²) < 4.78 is 1.07. The monoisotopic (exact) mass is 272 g/mol. The lowest BCUT2D eigenvalue weighted by atomic mass is 10.1. The summed E-state index contributed by atoms with van der Waals surface area (Å²) in [7, 11) is 0. The van der Waals surface area contributed by atoms with Crippen molar-refractivity contribution in [3.8, 4) is 11.1 Å². The Labute approximate surface area is 101 Å². The maximum atomic E-state index is 4.30. The Morgan fingerprint density at radius 1 is 1.06 bits per heavy atom. The molecular weight excluding hydrogens is 264 g/mol. The Balaban J connectivity index is 2.33. The number of pyridine rings is 1. The fourth-order valence-corrected chi connectivity index (χ4v) is 2.38. The molecule has 2 heterocycles. The molecule has 3 rings (SSSR count). The second-order valence-corrected chi connectivity index (χ2v) is 4.44. The zero-order valence-electron chi connectivity index (χ0n) is 8.44. The van der Waals surface area contributed by atoms with Gasteiger partial charge in [-0.05, 0) is 27.6 Å². The number of fused-ring (bicyclic) bond motifs is 1. The molecule has 0 atom stereocenters. The van der Waals surface area contributed by atoms with Crippen LogP contribution in [-0.4, -0.2) is 9.97 Å². The molecule has 78 valence electrons. The summed E-state index contributed by atoms with van der Waals surface area (Å²) in [5, 5.41) is 1.13. The number of nitrogens with zero attached hydrogens (tertiary/aromatic N) is 1. The van der Waals surface area contributed by atoms with Crippen LogP contribution in [0, 0.1) is 0 Å². The minimum Gasteiger partial charge on any atom is -0.345 e. The Hall–Kier alpha value is -1.61. The molecule has 0 saturated heterocycles. The topological polar surface area (TPSA) is 28.7 Å². The predicted octanol–water partition coefficient (Wildman–Crippen LogP) is 3.99. The molecule has 2 nitrogen and oxygen atoms in total. The molecular formula is C13H9BrN2. The molecule has 0 bridgehead atoms. The number of hydrogen-bond donors (Lipinski definition) is 1. The van der Waals surface area contributed by atoms with Crippen LogP contribution in [-0.2, 0) is 0 Å². The first kappa shape index (κ1) is 9.60. The van der Waals surface area contributed by atoms with Gasteiger partial charge in [0, 0.05) is 27.8 Å². The van der Waals surface area contributed by atoms with E-state index in [4.69, 9.17) is 0 Å². The van der Waals surface area contributed by atoms with Gasteiger partial charge in [-0.25, -0.2) is 4.98 Å². The number of aromatic amines is 1. The summed E-state index contributed by atoms with van der Waals surface area (Å²) in [6, 6.07) is 12.3. The number of aromatic nitrogens is 2. The fraction of sp³-hybridized carbons (Fsp3) is 0.